The summed E-state index contributed by atoms with van der Waals surface area (Å²) in [5, 5.41) is 14.4. The van der Waals surface area contributed by atoms with E-state index in [4.69, 9.17) is 14.4 Å². The second kappa shape index (κ2) is 14.0. The molecule has 0 bridgehead atoms. The summed E-state index contributed by atoms with van der Waals surface area (Å²) >= 11 is 0. The molecule has 1 fully saturated rings. The van der Waals surface area contributed by atoms with Crippen LogP contribution in [0.25, 0.3) is 100.0 Å². The Morgan fingerprint density at radius 1 is 0.443 bits per heavy atom. The average molecular weight is 782 g/mol. The Bertz CT molecular complexity index is 3400. The monoisotopic (exact) mass is 781 g/mol. The van der Waals surface area contributed by atoms with E-state index in [0.717, 1.165) is 74.0 Å². The van der Waals surface area contributed by atoms with Crippen molar-refractivity contribution in [2.45, 2.75) is 37.5 Å². The minimum atomic E-state index is -0.00183. The number of nitriles is 1. The molecule has 12 rings (SSSR count). The van der Waals surface area contributed by atoms with Crippen molar-refractivity contribution < 1.29 is 4.42 Å². The lowest BCUT2D eigenvalue weighted by atomic mass is 9.67. The average Bonchev–Trinajstić information content (AvgIpc) is 3.83. The van der Waals surface area contributed by atoms with Crippen molar-refractivity contribution in [1.82, 2.24) is 9.97 Å². The fraction of sp³-hybridized carbons (Fsp3) is 0.105. The smallest absolute Gasteiger partial charge is 0.160 e. The summed E-state index contributed by atoms with van der Waals surface area (Å²) in [6.45, 7) is 0. The van der Waals surface area contributed by atoms with Crippen LogP contribution in [-0.2, 0) is 5.41 Å². The van der Waals surface area contributed by atoms with E-state index in [2.05, 4.69) is 140 Å². The van der Waals surface area contributed by atoms with Crippen molar-refractivity contribution in [2.75, 3.05) is 0 Å². The number of hydrogen-bond acceptors (Lipinski definition) is 4. The van der Waals surface area contributed by atoms with Crippen molar-refractivity contribution in [2.24, 2.45) is 0 Å². The molecule has 0 atom stereocenters. The van der Waals surface area contributed by atoms with Gasteiger partial charge in [-0.05, 0) is 123 Å². The summed E-state index contributed by atoms with van der Waals surface area (Å²) in [7, 11) is 0. The van der Waals surface area contributed by atoms with Gasteiger partial charge in [-0.15, -0.1) is 0 Å². The van der Waals surface area contributed by atoms with Crippen molar-refractivity contribution in [1.29, 1.82) is 5.26 Å². The molecule has 0 unspecified atom stereocenters. The lowest BCUT2D eigenvalue weighted by Crippen LogP contribution is -2.28. The highest BCUT2D eigenvalue weighted by Gasteiger charge is 2.44. The van der Waals surface area contributed by atoms with Crippen LogP contribution in [-0.4, -0.2) is 9.97 Å². The quantitative estimate of drug-likeness (QED) is 0.174. The maximum absolute atomic E-state index is 9.75. The molecule has 1 saturated carbocycles. The molecular weight excluding hydrogens is 743 g/mol. The summed E-state index contributed by atoms with van der Waals surface area (Å²) in [5.41, 5.74) is 17.4. The maximum atomic E-state index is 9.75. The van der Waals surface area contributed by atoms with Crippen LogP contribution in [0.3, 0.4) is 0 Å². The molecule has 8 aromatic carbocycles. The van der Waals surface area contributed by atoms with Crippen LogP contribution in [0.1, 0.15) is 48.8 Å². The standard InChI is InChI=1S/C57H39N3O/c58-35-36-13-24-46-47-25-22-44(32-51(47)57(50(46)29-36)27-7-2-8-28-57)43-21-20-41-30-40(18-19-42(41)31-43)37-14-16-38(17-15-37)52-34-53(60-56(59-52)39-9-3-1-4-10-39)45-23-26-49-48-11-5-6-12-54(48)61-55(49)33-45/h1,3-6,9-26,29-34H,2,7-8,27-28H2. The predicted octanol–water partition coefficient (Wildman–Crippen LogP) is 15.0. The van der Waals surface area contributed by atoms with E-state index in [1.807, 2.05) is 42.5 Å². The van der Waals surface area contributed by atoms with Crippen molar-refractivity contribution in [3.05, 3.63) is 193 Å². The molecule has 0 radical (unpaired) electrons. The van der Waals surface area contributed by atoms with Gasteiger partial charge in [0.1, 0.15) is 11.2 Å². The SMILES string of the molecule is N#Cc1ccc2c(c1)C1(CCCCC1)c1cc(-c3ccc4cc(-c5ccc(-c6cc(-c7ccc8c(c7)oc7ccccc78)nc(-c7ccccc7)n6)cc5)ccc4c3)ccc1-2. The van der Waals surface area contributed by atoms with E-state index in [1.165, 1.54) is 69.0 Å². The number of hydrogen-bond donors (Lipinski definition) is 0. The molecule has 4 nitrogen and oxygen atoms in total. The first-order valence-corrected chi connectivity index (χ1v) is 21.3. The van der Waals surface area contributed by atoms with Crippen LogP contribution >= 0.6 is 0 Å². The Hall–Kier alpha value is -7.61. The van der Waals surface area contributed by atoms with Crippen LogP contribution in [0.2, 0.25) is 0 Å². The Morgan fingerprint density at radius 2 is 1.03 bits per heavy atom. The van der Waals surface area contributed by atoms with Gasteiger partial charge in [-0.2, -0.15) is 5.26 Å². The first kappa shape index (κ1) is 35.3. The third kappa shape index (κ3) is 5.88. The molecular formula is C57H39N3O. The van der Waals surface area contributed by atoms with Crippen LogP contribution in [0.4, 0.5) is 0 Å². The Labute approximate surface area is 354 Å². The van der Waals surface area contributed by atoms with Crippen molar-refractivity contribution in [3.8, 4) is 73.4 Å². The molecule has 1 spiro atoms. The molecule has 2 heterocycles. The molecule has 2 aromatic heterocycles. The van der Waals surface area contributed by atoms with Gasteiger partial charge in [-0.1, -0.05) is 141 Å². The lowest BCUT2D eigenvalue weighted by Gasteiger charge is -2.36. The lowest BCUT2D eigenvalue weighted by molar-refractivity contribution is 0.353. The molecule has 2 aliphatic carbocycles. The van der Waals surface area contributed by atoms with Gasteiger partial charge in [0.2, 0.25) is 0 Å². The highest BCUT2D eigenvalue weighted by Crippen LogP contribution is 2.56. The van der Waals surface area contributed by atoms with E-state index < -0.39 is 0 Å². The van der Waals surface area contributed by atoms with Gasteiger partial charge in [-0.25, -0.2) is 9.97 Å². The molecule has 0 amide bonds. The third-order valence-corrected chi connectivity index (χ3v) is 13.3. The largest absolute Gasteiger partial charge is 0.456 e. The van der Waals surface area contributed by atoms with Gasteiger partial charge in [0, 0.05) is 32.9 Å². The van der Waals surface area contributed by atoms with E-state index in [0.29, 0.717) is 5.82 Å². The number of furan rings is 1. The van der Waals surface area contributed by atoms with Crippen LogP contribution in [0.5, 0.6) is 0 Å². The van der Waals surface area contributed by atoms with Gasteiger partial charge in [-0.3, -0.25) is 0 Å². The Kier molecular flexibility index (Phi) is 8.12. The number of fused-ring (bicyclic) bond motifs is 9. The summed E-state index contributed by atoms with van der Waals surface area (Å²) in [6.07, 6.45) is 6.01. The van der Waals surface area contributed by atoms with Gasteiger partial charge in [0.25, 0.3) is 0 Å². The fourth-order valence-electron chi connectivity index (χ4n) is 10.2. The summed E-state index contributed by atoms with van der Waals surface area (Å²) in [6, 6.07) is 64.9. The van der Waals surface area contributed by atoms with E-state index in [-0.39, 0.29) is 5.41 Å². The van der Waals surface area contributed by atoms with E-state index in [9.17, 15) is 5.26 Å². The molecule has 4 heteroatoms. The van der Waals surface area contributed by atoms with Crippen LogP contribution in [0.15, 0.2) is 180 Å². The second-order valence-electron chi connectivity index (χ2n) is 16.8. The first-order chi connectivity index (χ1) is 30.1. The number of rotatable bonds is 5. The topological polar surface area (TPSA) is 62.7 Å². The summed E-state index contributed by atoms with van der Waals surface area (Å²) < 4.78 is 6.25. The minimum Gasteiger partial charge on any atom is -0.456 e. The fourth-order valence-corrected chi connectivity index (χ4v) is 10.2. The summed E-state index contributed by atoms with van der Waals surface area (Å²) in [4.78, 5) is 10.2. The molecule has 2 aliphatic rings. The number of nitrogens with zero attached hydrogens (tertiary/aromatic N) is 3. The highest BCUT2D eigenvalue weighted by molar-refractivity contribution is 6.06. The molecule has 10 aromatic rings. The maximum Gasteiger partial charge on any atom is 0.160 e. The zero-order chi connectivity index (χ0) is 40.5. The number of aromatic nitrogens is 2. The minimum absolute atomic E-state index is 0.00183. The Balaban J connectivity index is 0.859. The van der Waals surface area contributed by atoms with E-state index in [1.54, 1.807) is 0 Å². The van der Waals surface area contributed by atoms with Crippen molar-refractivity contribution >= 4 is 32.7 Å². The Morgan fingerprint density at radius 3 is 1.80 bits per heavy atom. The van der Waals surface area contributed by atoms with E-state index >= 15 is 0 Å². The van der Waals surface area contributed by atoms with Gasteiger partial charge in [0.05, 0.1) is 23.0 Å². The number of para-hydroxylation sites is 1. The zero-order valence-electron chi connectivity index (χ0n) is 33.5. The van der Waals surface area contributed by atoms with Crippen molar-refractivity contribution in [3.63, 3.8) is 0 Å². The normalized spacial score (nSPS) is 14.0. The second-order valence-corrected chi connectivity index (χ2v) is 16.8. The first-order valence-electron chi connectivity index (χ1n) is 21.3. The summed E-state index contributed by atoms with van der Waals surface area (Å²) in [5.74, 6) is 0.684. The molecule has 0 N–H and O–H groups in total. The van der Waals surface area contributed by atoms with Gasteiger partial charge in [0.15, 0.2) is 5.82 Å². The van der Waals surface area contributed by atoms with Gasteiger partial charge >= 0.3 is 0 Å². The predicted molar refractivity (Wildman–Crippen MR) is 248 cm³/mol. The highest BCUT2D eigenvalue weighted by atomic mass is 16.3. The number of benzene rings is 8. The van der Waals surface area contributed by atoms with Crippen LogP contribution < -0.4 is 0 Å². The molecule has 0 saturated heterocycles. The zero-order valence-corrected chi connectivity index (χ0v) is 33.5. The van der Waals surface area contributed by atoms with Gasteiger partial charge < -0.3 is 4.42 Å². The molecule has 0 aliphatic heterocycles. The third-order valence-electron chi connectivity index (χ3n) is 13.3. The molecule has 61 heavy (non-hydrogen) atoms. The molecule has 288 valence electrons. The van der Waals surface area contributed by atoms with Crippen LogP contribution in [0, 0.1) is 11.3 Å².